The second-order valence-corrected chi connectivity index (χ2v) is 19.0. The van der Waals surface area contributed by atoms with Gasteiger partial charge in [-0.25, -0.2) is 0 Å². The average molecular weight is 837 g/mol. The van der Waals surface area contributed by atoms with Crippen LogP contribution >= 0.6 is 23.1 Å². The molecule has 1 unspecified atom stereocenters. The minimum absolute atomic E-state index is 0.541. The molecule has 2 aliphatic rings. The number of fused-ring (bicyclic) bond motifs is 14. The molecule has 0 fully saturated rings. The second-order valence-electron chi connectivity index (χ2n) is 16.8. The predicted octanol–water partition coefficient (Wildman–Crippen LogP) is 16.6. The number of hydrogen-bond donors (Lipinski definition) is 0. The van der Waals surface area contributed by atoms with E-state index in [1.54, 1.807) is 0 Å². The quantitative estimate of drug-likeness (QED) is 0.174. The van der Waals surface area contributed by atoms with Crippen LogP contribution in [0, 0.1) is 0 Å². The lowest BCUT2D eigenvalue weighted by Crippen LogP contribution is -2.36. The molecule has 14 rings (SSSR count). The Balaban J connectivity index is 1.03. The number of para-hydroxylation sites is 2. The Morgan fingerprint density at radius 3 is 1.97 bits per heavy atom. The number of benzene rings is 10. The second kappa shape index (κ2) is 13.3. The van der Waals surface area contributed by atoms with Gasteiger partial charge in [-0.1, -0.05) is 151 Å². The first-order chi connectivity index (χ1) is 31.2. The van der Waals surface area contributed by atoms with Gasteiger partial charge in [0.1, 0.15) is 0 Å². The van der Waals surface area contributed by atoms with Crippen LogP contribution in [0.5, 0.6) is 0 Å². The first-order valence-electron chi connectivity index (χ1n) is 21.6. The number of nitrogens with zero attached hydrogens (tertiary/aromatic N) is 2. The van der Waals surface area contributed by atoms with Crippen molar-refractivity contribution in [1.29, 1.82) is 0 Å². The van der Waals surface area contributed by atoms with Crippen LogP contribution in [0.2, 0.25) is 0 Å². The van der Waals surface area contributed by atoms with Gasteiger partial charge in [-0.05, 0) is 123 Å². The lowest BCUT2D eigenvalue weighted by Gasteiger charge is -2.46. The summed E-state index contributed by atoms with van der Waals surface area (Å²) in [7, 11) is 0. The summed E-state index contributed by atoms with van der Waals surface area (Å²) in [5.74, 6) is 0. The van der Waals surface area contributed by atoms with Crippen molar-refractivity contribution in [3.63, 3.8) is 0 Å². The van der Waals surface area contributed by atoms with Gasteiger partial charge in [0, 0.05) is 63.5 Å². The maximum Gasteiger partial charge on any atom is 0.0736 e. The van der Waals surface area contributed by atoms with E-state index >= 15 is 0 Å². The molecule has 1 spiro atoms. The van der Waals surface area contributed by atoms with Crippen LogP contribution in [-0.4, -0.2) is 4.57 Å². The maximum absolute atomic E-state index is 2.50. The topological polar surface area (TPSA) is 8.17 Å². The minimum Gasteiger partial charge on any atom is -0.310 e. The summed E-state index contributed by atoms with van der Waals surface area (Å²) < 4.78 is 5.09. The van der Waals surface area contributed by atoms with E-state index in [0.29, 0.717) is 0 Å². The maximum atomic E-state index is 2.50. The minimum atomic E-state index is -0.541. The number of thiophene rings is 1. The highest BCUT2D eigenvalue weighted by atomic mass is 32.2. The van der Waals surface area contributed by atoms with E-state index in [2.05, 4.69) is 228 Å². The van der Waals surface area contributed by atoms with E-state index in [1.165, 1.54) is 95.9 Å². The number of hydrogen-bond acceptors (Lipinski definition) is 3. The van der Waals surface area contributed by atoms with E-state index in [4.69, 9.17) is 0 Å². The van der Waals surface area contributed by atoms with Gasteiger partial charge < -0.3 is 9.47 Å². The normalized spacial score (nSPS) is 15.0. The monoisotopic (exact) mass is 836 g/mol. The zero-order valence-corrected chi connectivity index (χ0v) is 35.6. The molecule has 0 bridgehead atoms. The van der Waals surface area contributed by atoms with Crippen molar-refractivity contribution in [1.82, 2.24) is 4.57 Å². The van der Waals surface area contributed by atoms with Crippen molar-refractivity contribution < 1.29 is 0 Å². The van der Waals surface area contributed by atoms with Crippen LogP contribution in [0.1, 0.15) is 22.3 Å². The smallest absolute Gasteiger partial charge is 0.0736 e. The molecule has 4 heteroatoms. The summed E-state index contributed by atoms with van der Waals surface area (Å²) in [6.45, 7) is 0. The van der Waals surface area contributed by atoms with Gasteiger partial charge in [0.2, 0.25) is 0 Å². The van der Waals surface area contributed by atoms with Crippen molar-refractivity contribution in [2.24, 2.45) is 0 Å². The molecule has 2 nitrogen and oxygen atoms in total. The van der Waals surface area contributed by atoms with Crippen LogP contribution in [-0.2, 0) is 5.41 Å². The van der Waals surface area contributed by atoms with Crippen LogP contribution in [0.4, 0.5) is 17.1 Å². The van der Waals surface area contributed by atoms with Crippen molar-refractivity contribution in [3.8, 4) is 16.8 Å². The Morgan fingerprint density at radius 1 is 0.381 bits per heavy atom. The zero-order valence-electron chi connectivity index (χ0n) is 34.0. The molecule has 1 aliphatic carbocycles. The molecule has 1 aliphatic heterocycles. The van der Waals surface area contributed by atoms with Gasteiger partial charge in [-0.3, -0.25) is 0 Å². The van der Waals surface area contributed by atoms with Crippen LogP contribution in [0.25, 0.3) is 69.6 Å². The molecule has 0 radical (unpaired) electrons. The van der Waals surface area contributed by atoms with Gasteiger partial charge in [0.25, 0.3) is 0 Å². The summed E-state index contributed by atoms with van der Waals surface area (Å²) >= 11 is 3.76. The summed E-state index contributed by atoms with van der Waals surface area (Å²) in [6, 6.07) is 81.7. The highest BCUT2D eigenvalue weighted by Crippen LogP contribution is 2.62. The average Bonchev–Trinajstić information content (AvgIpc) is 3.88. The van der Waals surface area contributed by atoms with Gasteiger partial charge in [-0.2, -0.15) is 0 Å². The molecular formula is C59H36N2S2. The molecule has 0 saturated carbocycles. The fourth-order valence-corrected chi connectivity index (χ4v) is 13.3. The molecule has 0 amide bonds. The molecule has 0 saturated heterocycles. The van der Waals surface area contributed by atoms with E-state index in [0.717, 1.165) is 22.7 Å². The molecule has 10 aromatic carbocycles. The van der Waals surface area contributed by atoms with Crippen LogP contribution in [0.15, 0.2) is 228 Å². The highest BCUT2D eigenvalue weighted by Gasteiger charge is 2.48. The van der Waals surface area contributed by atoms with Crippen molar-refractivity contribution in [2.75, 3.05) is 4.90 Å². The number of anilines is 3. The molecular weight excluding hydrogens is 801 g/mol. The Bertz CT molecular complexity index is 3850. The van der Waals surface area contributed by atoms with E-state index < -0.39 is 5.41 Å². The van der Waals surface area contributed by atoms with Crippen molar-refractivity contribution >= 4 is 92.9 Å². The van der Waals surface area contributed by atoms with Crippen molar-refractivity contribution in [3.05, 3.63) is 241 Å². The fraction of sp³-hybridized carbons (Fsp3) is 0.0169. The van der Waals surface area contributed by atoms with E-state index in [-0.39, 0.29) is 0 Å². The lowest BCUT2D eigenvalue weighted by molar-refractivity contribution is 0.707. The Morgan fingerprint density at radius 2 is 1.05 bits per heavy atom. The molecule has 1 atom stereocenters. The van der Waals surface area contributed by atoms with Crippen molar-refractivity contribution in [2.45, 2.75) is 15.2 Å². The van der Waals surface area contributed by atoms with E-state index in [1.807, 2.05) is 23.1 Å². The van der Waals surface area contributed by atoms with E-state index in [9.17, 15) is 0 Å². The van der Waals surface area contributed by atoms with Gasteiger partial charge >= 0.3 is 0 Å². The molecule has 63 heavy (non-hydrogen) atoms. The van der Waals surface area contributed by atoms with Crippen LogP contribution in [0.3, 0.4) is 0 Å². The molecule has 3 heterocycles. The molecule has 2 aromatic heterocycles. The highest BCUT2D eigenvalue weighted by molar-refractivity contribution is 7.99. The lowest BCUT2D eigenvalue weighted by atomic mass is 9.59. The Labute approximate surface area is 372 Å². The third-order valence-corrected chi connectivity index (χ3v) is 15.9. The standard InChI is InChI=1S/C59H36N2S2/c1-2-16-38(17-3-1)60(41-28-31-44-43-19-5-9-25-52(43)61(53(44)36-41)39-29-32-55-47(34-39)45-20-6-10-26-54(45)62-55)40-30-33-57-51(35-40)59(49-23-8-11-27-56(49)63-57)48-22-7-4-18-42(48)46-21-12-14-37-15-13-24-50(59)58(37)46/h1-36H. The summed E-state index contributed by atoms with van der Waals surface area (Å²) in [4.78, 5) is 5.04. The van der Waals surface area contributed by atoms with Gasteiger partial charge in [0.15, 0.2) is 0 Å². The number of rotatable bonds is 4. The SMILES string of the molecule is c1ccc(N(c2ccc3c(c2)C2(c4ccccc4S3)c3ccccc3-c3cccc4cccc2c34)c2ccc3c4ccccc4n(-c4ccc5sc6ccccc6c5c4)c3c2)cc1. The zero-order chi connectivity index (χ0) is 41.2. The van der Waals surface area contributed by atoms with Gasteiger partial charge in [0.05, 0.1) is 16.4 Å². The van der Waals surface area contributed by atoms with Gasteiger partial charge in [-0.15, -0.1) is 11.3 Å². The molecule has 0 N–H and O–H groups in total. The first-order valence-corrected chi connectivity index (χ1v) is 23.2. The summed E-state index contributed by atoms with van der Waals surface area (Å²) in [6.07, 6.45) is 0. The third kappa shape index (κ3) is 4.91. The third-order valence-electron chi connectivity index (χ3n) is 13.6. The predicted molar refractivity (Wildman–Crippen MR) is 267 cm³/mol. The Hall–Kier alpha value is -7.37. The summed E-state index contributed by atoms with van der Waals surface area (Å²) in [5.41, 5.74) is 14.3. The largest absolute Gasteiger partial charge is 0.310 e. The first kappa shape index (κ1) is 35.2. The molecule has 294 valence electrons. The summed E-state index contributed by atoms with van der Waals surface area (Å²) in [5, 5.41) is 7.70. The number of aromatic nitrogens is 1. The Kier molecular flexibility index (Phi) is 7.45. The van der Waals surface area contributed by atoms with Crippen LogP contribution < -0.4 is 4.90 Å². The fourth-order valence-electron chi connectivity index (χ4n) is 11.1. The molecule has 12 aromatic rings.